The van der Waals surface area contributed by atoms with Crippen LogP contribution >= 0.6 is 34.8 Å². The Hall–Kier alpha value is 0.01000. The van der Waals surface area contributed by atoms with Crippen LogP contribution in [0.4, 0.5) is 0 Å². The van der Waals surface area contributed by atoms with Crippen LogP contribution in [-0.4, -0.2) is 17.8 Å². The first-order valence-electron chi connectivity index (χ1n) is 4.04. The first kappa shape index (κ1) is 12.1. The van der Waals surface area contributed by atoms with Crippen molar-refractivity contribution < 1.29 is 5.11 Å². The van der Waals surface area contributed by atoms with Crippen LogP contribution in [0.3, 0.4) is 0 Å². The Bertz CT molecular complexity index is 330. The minimum absolute atomic E-state index is 0.0968. The summed E-state index contributed by atoms with van der Waals surface area (Å²) in [6, 6.07) is 2.92. The number of nitrogens with two attached hydrogens (primary N) is 1. The van der Waals surface area contributed by atoms with E-state index in [1.165, 1.54) is 0 Å². The zero-order valence-corrected chi connectivity index (χ0v) is 9.57. The molecule has 0 aliphatic carbocycles. The van der Waals surface area contributed by atoms with Gasteiger partial charge in [0, 0.05) is 11.1 Å². The summed E-state index contributed by atoms with van der Waals surface area (Å²) >= 11 is 17.6. The topological polar surface area (TPSA) is 46.2 Å². The summed E-state index contributed by atoms with van der Waals surface area (Å²) in [5.41, 5.74) is 6.33. The molecular weight excluding hydrogens is 244 g/mol. The number of aliphatic hydroxyl groups is 1. The van der Waals surface area contributed by atoms with Crippen LogP contribution in [-0.2, 0) is 6.42 Å². The molecule has 0 saturated carbocycles. The van der Waals surface area contributed by atoms with Crippen molar-refractivity contribution in [3.8, 4) is 0 Å². The van der Waals surface area contributed by atoms with Crippen molar-refractivity contribution in [2.75, 3.05) is 6.61 Å². The van der Waals surface area contributed by atoms with Crippen LogP contribution in [0.2, 0.25) is 15.1 Å². The third-order valence-electron chi connectivity index (χ3n) is 1.78. The molecule has 14 heavy (non-hydrogen) atoms. The van der Waals surface area contributed by atoms with Crippen LogP contribution in [0.25, 0.3) is 0 Å². The SMILES string of the molecule is NC(CO)Cc1cc(Cl)cc(Cl)c1Cl. The highest BCUT2D eigenvalue weighted by Gasteiger charge is 2.10. The van der Waals surface area contributed by atoms with E-state index in [2.05, 4.69) is 0 Å². The highest BCUT2D eigenvalue weighted by molar-refractivity contribution is 6.43. The summed E-state index contributed by atoms with van der Waals surface area (Å²) in [6.45, 7) is -0.0968. The maximum absolute atomic E-state index is 8.79. The molecule has 0 heterocycles. The highest BCUT2D eigenvalue weighted by atomic mass is 35.5. The third-order valence-corrected chi connectivity index (χ3v) is 2.84. The minimum Gasteiger partial charge on any atom is -0.395 e. The van der Waals surface area contributed by atoms with E-state index in [9.17, 15) is 0 Å². The number of halogens is 3. The molecule has 1 aromatic carbocycles. The molecule has 0 spiro atoms. The number of benzene rings is 1. The molecule has 1 atom stereocenters. The Balaban J connectivity index is 2.96. The van der Waals surface area contributed by atoms with Gasteiger partial charge in [-0.05, 0) is 24.1 Å². The first-order valence-corrected chi connectivity index (χ1v) is 5.18. The highest BCUT2D eigenvalue weighted by Crippen LogP contribution is 2.30. The average molecular weight is 255 g/mol. The molecule has 3 N–H and O–H groups in total. The largest absolute Gasteiger partial charge is 0.395 e. The molecule has 0 radical (unpaired) electrons. The smallest absolute Gasteiger partial charge is 0.0625 e. The number of aliphatic hydroxyl groups excluding tert-OH is 1. The van der Waals surface area contributed by atoms with Gasteiger partial charge in [-0.3, -0.25) is 0 Å². The average Bonchev–Trinajstić information content (AvgIpc) is 2.13. The van der Waals surface area contributed by atoms with Crippen LogP contribution in [0.5, 0.6) is 0 Å². The fraction of sp³-hybridized carbons (Fsp3) is 0.333. The van der Waals surface area contributed by atoms with Gasteiger partial charge in [-0.15, -0.1) is 0 Å². The summed E-state index contributed by atoms with van der Waals surface area (Å²) in [5.74, 6) is 0. The maximum Gasteiger partial charge on any atom is 0.0625 e. The van der Waals surface area contributed by atoms with Crippen LogP contribution in [0.15, 0.2) is 12.1 Å². The number of hydrogen-bond acceptors (Lipinski definition) is 2. The quantitative estimate of drug-likeness (QED) is 0.814. The summed E-state index contributed by atoms with van der Waals surface area (Å²) in [4.78, 5) is 0. The van der Waals surface area contributed by atoms with Crippen molar-refractivity contribution in [2.45, 2.75) is 12.5 Å². The molecule has 1 aromatic rings. The lowest BCUT2D eigenvalue weighted by Crippen LogP contribution is -2.26. The van der Waals surface area contributed by atoms with Gasteiger partial charge < -0.3 is 10.8 Å². The van der Waals surface area contributed by atoms with E-state index in [0.717, 1.165) is 5.56 Å². The second-order valence-corrected chi connectivity index (χ2v) is 4.23. The lowest BCUT2D eigenvalue weighted by Gasteiger charge is -2.10. The van der Waals surface area contributed by atoms with E-state index >= 15 is 0 Å². The van der Waals surface area contributed by atoms with Crippen molar-refractivity contribution >= 4 is 34.8 Å². The maximum atomic E-state index is 8.79. The predicted molar refractivity (Wildman–Crippen MR) is 60.2 cm³/mol. The van der Waals surface area contributed by atoms with E-state index in [1.54, 1.807) is 12.1 Å². The fourth-order valence-electron chi connectivity index (χ4n) is 1.10. The monoisotopic (exact) mass is 253 g/mol. The lowest BCUT2D eigenvalue weighted by atomic mass is 10.1. The van der Waals surface area contributed by atoms with Gasteiger partial charge in [0.2, 0.25) is 0 Å². The molecule has 0 saturated heterocycles. The molecule has 0 aliphatic rings. The van der Waals surface area contributed by atoms with Crippen LogP contribution in [0, 0.1) is 0 Å². The van der Waals surface area contributed by atoms with Gasteiger partial charge in [-0.1, -0.05) is 34.8 Å². The molecule has 78 valence electrons. The lowest BCUT2D eigenvalue weighted by molar-refractivity contribution is 0.265. The normalized spacial score (nSPS) is 12.9. The molecule has 0 bridgehead atoms. The van der Waals surface area contributed by atoms with E-state index in [1.807, 2.05) is 0 Å². The van der Waals surface area contributed by atoms with Gasteiger partial charge >= 0.3 is 0 Å². The molecule has 0 amide bonds. The molecule has 0 fully saturated rings. The van der Waals surface area contributed by atoms with Crippen molar-refractivity contribution in [1.29, 1.82) is 0 Å². The summed E-state index contributed by atoms with van der Waals surface area (Å²) in [5, 5.41) is 10.2. The molecular formula is C9H10Cl3NO. The number of rotatable bonds is 3. The molecule has 0 aliphatic heterocycles. The van der Waals surface area contributed by atoms with E-state index in [0.29, 0.717) is 21.5 Å². The third kappa shape index (κ3) is 3.01. The zero-order valence-electron chi connectivity index (χ0n) is 7.30. The Kier molecular flexibility index (Phi) is 4.48. The molecule has 5 heteroatoms. The van der Waals surface area contributed by atoms with Gasteiger partial charge in [-0.25, -0.2) is 0 Å². The predicted octanol–water partition coefficient (Wildman–Crippen LogP) is 2.51. The number of hydrogen-bond donors (Lipinski definition) is 2. The minimum atomic E-state index is -0.345. The van der Waals surface area contributed by atoms with Crippen LogP contribution < -0.4 is 5.73 Å². The molecule has 1 unspecified atom stereocenters. The van der Waals surface area contributed by atoms with Gasteiger partial charge in [0.25, 0.3) is 0 Å². The zero-order chi connectivity index (χ0) is 10.7. The summed E-state index contributed by atoms with van der Waals surface area (Å²) < 4.78 is 0. The molecule has 0 aromatic heterocycles. The second-order valence-electron chi connectivity index (χ2n) is 3.01. The Labute approximate surface area is 97.6 Å². The van der Waals surface area contributed by atoms with Gasteiger partial charge in [0.1, 0.15) is 0 Å². The van der Waals surface area contributed by atoms with Crippen molar-refractivity contribution in [3.05, 3.63) is 32.8 Å². The Morgan fingerprint density at radius 2 is 1.93 bits per heavy atom. The van der Waals surface area contributed by atoms with E-state index in [-0.39, 0.29) is 12.6 Å². The summed E-state index contributed by atoms with van der Waals surface area (Å²) in [7, 11) is 0. The van der Waals surface area contributed by atoms with Gasteiger partial charge in [-0.2, -0.15) is 0 Å². The van der Waals surface area contributed by atoms with Gasteiger partial charge in [0.05, 0.1) is 16.7 Å². The second kappa shape index (κ2) is 5.19. The van der Waals surface area contributed by atoms with Crippen LogP contribution in [0.1, 0.15) is 5.56 Å². The van der Waals surface area contributed by atoms with E-state index < -0.39 is 0 Å². The van der Waals surface area contributed by atoms with Crippen molar-refractivity contribution in [2.24, 2.45) is 5.73 Å². The first-order chi connectivity index (χ1) is 6.54. The Morgan fingerprint density at radius 1 is 1.29 bits per heavy atom. The van der Waals surface area contributed by atoms with E-state index in [4.69, 9.17) is 45.6 Å². The van der Waals surface area contributed by atoms with Crippen molar-refractivity contribution in [3.63, 3.8) is 0 Å². The molecule has 2 nitrogen and oxygen atoms in total. The van der Waals surface area contributed by atoms with Crippen molar-refractivity contribution in [1.82, 2.24) is 0 Å². The standard InChI is InChI=1S/C9H10Cl3NO/c10-6-1-5(2-7(13)4-14)9(12)8(11)3-6/h1,3,7,14H,2,4,13H2. The summed E-state index contributed by atoms with van der Waals surface area (Å²) in [6.07, 6.45) is 0.454. The molecule has 1 rings (SSSR count). The Morgan fingerprint density at radius 3 is 2.50 bits per heavy atom. The fourth-order valence-corrected chi connectivity index (χ4v) is 1.83. The van der Waals surface area contributed by atoms with Gasteiger partial charge in [0.15, 0.2) is 0 Å².